The summed E-state index contributed by atoms with van der Waals surface area (Å²) >= 11 is 0. The van der Waals surface area contributed by atoms with Crippen molar-refractivity contribution in [2.75, 3.05) is 40.3 Å². The summed E-state index contributed by atoms with van der Waals surface area (Å²) in [5, 5.41) is 3.25. The third-order valence-electron chi connectivity index (χ3n) is 5.35. The number of piperidine rings is 1. The van der Waals surface area contributed by atoms with Crippen molar-refractivity contribution in [1.29, 1.82) is 0 Å². The summed E-state index contributed by atoms with van der Waals surface area (Å²) in [6.07, 6.45) is 8.85. The molecule has 24 heavy (non-hydrogen) atoms. The second kappa shape index (κ2) is 11.2. The standard InChI is InChI=1S/C18H34N4O.HI/c1-15-7-9-16(10-8-15)14-21(3)18(19-2)20-13-17(23)22-11-5-4-6-12-22;/h15-16H,4-14H2,1-3H3,(H,19,20);1H. The molecule has 5 nitrogen and oxygen atoms in total. The van der Waals surface area contributed by atoms with Crippen LogP contribution in [0.25, 0.3) is 0 Å². The van der Waals surface area contributed by atoms with Gasteiger partial charge in [0.05, 0.1) is 6.54 Å². The Morgan fingerprint density at radius 2 is 1.79 bits per heavy atom. The number of carbonyl (C=O) groups excluding carboxylic acids is 1. The molecule has 1 aliphatic heterocycles. The molecule has 1 amide bonds. The molecule has 1 aliphatic carbocycles. The van der Waals surface area contributed by atoms with Gasteiger partial charge in [0.15, 0.2) is 5.96 Å². The van der Waals surface area contributed by atoms with Crippen LogP contribution >= 0.6 is 24.0 Å². The number of likely N-dealkylation sites (tertiary alicyclic amines) is 1. The highest BCUT2D eigenvalue weighted by atomic mass is 127. The third-order valence-corrected chi connectivity index (χ3v) is 5.35. The molecular formula is C18H35IN4O. The topological polar surface area (TPSA) is 47.9 Å². The van der Waals surface area contributed by atoms with Crippen LogP contribution in [0.4, 0.5) is 0 Å². The van der Waals surface area contributed by atoms with Gasteiger partial charge < -0.3 is 15.1 Å². The first-order chi connectivity index (χ1) is 11.1. The molecule has 1 saturated carbocycles. The Hall–Kier alpha value is -0.530. The van der Waals surface area contributed by atoms with Gasteiger partial charge >= 0.3 is 0 Å². The maximum absolute atomic E-state index is 12.3. The zero-order chi connectivity index (χ0) is 16.7. The van der Waals surface area contributed by atoms with E-state index in [9.17, 15) is 4.79 Å². The predicted molar refractivity (Wildman–Crippen MR) is 111 cm³/mol. The van der Waals surface area contributed by atoms with Gasteiger partial charge in [-0.25, -0.2) is 0 Å². The van der Waals surface area contributed by atoms with Gasteiger partial charge in [0.1, 0.15) is 0 Å². The third kappa shape index (κ3) is 6.76. The Morgan fingerprint density at radius 3 is 2.38 bits per heavy atom. The summed E-state index contributed by atoms with van der Waals surface area (Å²) in [6, 6.07) is 0. The zero-order valence-corrected chi connectivity index (χ0v) is 17.9. The smallest absolute Gasteiger partial charge is 0.241 e. The van der Waals surface area contributed by atoms with Crippen LogP contribution < -0.4 is 5.32 Å². The van der Waals surface area contributed by atoms with Gasteiger partial charge in [-0.05, 0) is 43.9 Å². The van der Waals surface area contributed by atoms with Crippen LogP contribution in [0.1, 0.15) is 51.9 Å². The normalized spacial score (nSPS) is 25.0. The number of nitrogens with zero attached hydrogens (tertiary/aromatic N) is 3. The Labute approximate surface area is 164 Å². The highest BCUT2D eigenvalue weighted by Gasteiger charge is 2.21. The molecule has 0 spiro atoms. The fourth-order valence-electron chi connectivity index (χ4n) is 3.78. The van der Waals surface area contributed by atoms with E-state index in [4.69, 9.17) is 0 Å². The van der Waals surface area contributed by atoms with Gasteiger partial charge in [0, 0.05) is 33.7 Å². The average molecular weight is 450 g/mol. The van der Waals surface area contributed by atoms with Crippen LogP contribution in [0.2, 0.25) is 0 Å². The number of rotatable bonds is 4. The Bertz CT molecular complexity index is 402. The van der Waals surface area contributed by atoms with Crippen LogP contribution in [-0.2, 0) is 4.79 Å². The number of carbonyl (C=O) groups is 1. The van der Waals surface area contributed by atoms with Gasteiger partial charge in [0.2, 0.25) is 5.91 Å². The van der Waals surface area contributed by atoms with Gasteiger partial charge in [-0.2, -0.15) is 0 Å². The molecule has 2 aliphatic rings. The fourth-order valence-corrected chi connectivity index (χ4v) is 3.78. The van der Waals surface area contributed by atoms with Crippen molar-refractivity contribution in [2.45, 2.75) is 51.9 Å². The molecule has 0 aromatic rings. The summed E-state index contributed by atoms with van der Waals surface area (Å²) in [6.45, 7) is 5.57. The summed E-state index contributed by atoms with van der Waals surface area (Å²) in [7, 11) is 3.88. The lowest BCUT2D eigenvalue weighted by Crippen LogP contribution is -2.47. The van der Waals surface area contributed by atoms with Crippen LogP contribution in [0.3, 0.4) is 0 Å². The Balaban J connectivity index is 0.00000288. The van der Waals surface area contributed by atoms with Gasteiger partial charge in [-0.3, -0.25) is 9.79 Å². The summed E-state index contributed by atoms with van der Waals surface area (Å²) in [5.41, 5.74) is 0. The predicted octanol–water partition coefficient (Wildman–Crippen LogP) is 2.95. The fraction of sp³-hybridized carbons (Fsp3) is 0.889. The SMILES string of the molecule is CN=C(NCC(=O)N1CCCCC1)N(C)CC1CCC(C)CC1.I. The van der Waals surface area contributed by atoms with Crippen molar-refractivity contribution >= 4 is 35.8 Å². The van der Waals surface area contributed by atoms with E-state index >= 15 is 0 Å². The molecule has 1 heterocycles. The monoisotopic (exact) mass is 450 g/mol. The van der Waals surface area contributed by atoms with Crippen molar-refractivity contribution in [2.24, 2.45) is 16.8 Å². The second-order valence-electron chi connectivity index (χ2n) is 7.35. The second-order valence-corrected chi connectivity index (χ2v) is 7.35. The largest absolute Gasteiger partial charge is 0.347 e. The lowest BCUT2D eigenvalue weighted by atomic mass is 9.83. The Kier molecular flexibility index (Phi) is 10.0. The molecule has 1 saturated heterocycles. The highest BCUT2D eigenvalue weighted by molar-refractivity contribution is 14.0. The molecule has 0 atom stereocenters. The molecule has 0 radical (unpaired) electrons. The molecule has 2 fully saturated rings. The zero-order valence-electron chi connectivity index (χ0n) is 15.6. The van der Waals surface area contributed by atoms with Gasteiger partial charge in [-0.1, -0.05) is 19.8 Å². The molecular weight excluding hydrogens is 415 g/mol. The summed E-state index contributed by atoms with van der Waals surface area (Å²) < 4.78 is 0. The van der Waals surface area contributed by atoms with Crippen molar-refractivity contribution in [3.05, 3.63) is 0 Å². The minimum absolute atomic E-state index is 0. The Morgan fingerprint density at radius 1 is 1.17 bits per heavy atom. The van der Waals surface area contributed by atoms with Crippen molar-refractivity contribution in [3.63, 3.8) is 0 Å². The van der Waals surface area contributed by atoms with Crippen LogP contribution in [0, 0.1) is 11.8 Å². The molecule has 6 heteroatoms. The van der Waals surface area contributed by atoms with E-state index in [1.807, 2.05) is 4.90 Å². The van der Waals surface area contributed by atoms with E-state index < -0.39 is 0 Å². The van der Waals surface area contributed by atoms with E-state index in [-0.39, 0.29) is 29.9 Å². The van der Waals surface area contributed by atoms with E-state index in [1.165, 1.54) is 32.1 Å². The molecule has 0 aromatic carbocycles. The molecule has 0 aromatic heterocycles. The van der Waals surface area contributed by atoms with Crippen molar-refractivity contribution < 1.29 is 4.79 Å². The lowest BCUT2D eigenvalue weighted by Gasteiger charge is -2.32. The number of nitrogens with one attached hydrogen (secondary N) is 1. The maximum Gasteiger partial charge on any atom is 0.241 e. The molecule has 0 bridgehead atoms. The first-order valence-electron chi connectivity index (χ1n) is 9.29. The number of guanidine groups is 1. The van der Waals surface area contributed by atoms with Crippen LogP contribution in [0.15, 0.2) is 4.99 Å². The first-order valence-corrected chi connectivity index (χ1v) is 9.29. The average Bonchev–Trinajstić information content (AvgIpc) is 2.58. The molecule has 1 N–H and O–H groups in total. The number of hydrogen-bond acceptors (Lipinski definition) is 2. The van der Waals surface area contributed by atoms with E-state index in [2.05, 4.69) is 29.2 Å². The van der Waals surface area contributed by atoms with E-state index in [0.717, 1.165) is 50.3 Å². The molecule has 0 unspecified atom stereocenters. The van der Waals surface area contributed by atoms with Crippen molar-refractivity contribution in [1.82, 2.24) is 15.1 Å². The van der Waals surface area contributed by atoms with Crippen LogP contribution in [0.5, 0.6) is 0 Å². The quantitative estimate of drug-likeness (QED) is 0.407. The highest BCUT2D eigenvalue weighted by Crippen LogP contribution is 2.28. The number of hydrogen-bond donors (Lipinski definition) is 1. The number of aliphatic imine (C=N–C) groups is 1. The minimum Gasteiger partial charge on any atom is -0.347 e. The van der Waals surface area contributed by atoms with Gasteiger partial charge in [-0.15, -0.1) is 24.0 Å². The lowest BCUT2D eigenvalue weighted by molar-refractivity contribution is -0.130. The van der Waals surface area contributed by atoms with Gasteiger partial charge in [0.25, 0.3) is 0 Å². The van der Waals surface area contributed by atoms with Crippen LogP contribution in [-0.4, -0.2) is 61.9 Å². The molecule has 2 rings (SSSR count). The number of halogens is 1. The minimum atomic E-state index is 0. The number of amides is 1. The summed E-state index contributed by atoms with van der Waals surface area (Å²) in [5.74, 6) is 2.68. The molecule has 140 valence electrons. The first kappa shape index (κ1) is 21.5. The maximum atomic E-state index is 12.3. The van der Waals surface area contributed by atoms with E-state index in [0.29, 0.717) is 6.54 Å². The summed E-state index contributed by atoms with van der Waals surface area (Å²) in [4.78, 5) is 20.8. The van der Waals surface area contributed by atoms with Crippen molar-refractivity contribution in [3.8, 4) is 0 Å². The van der Waals surface area contributed by atoms with E-state index in [1.54, 1.807) is 7.05 Å².